The van der Waals surface area contributed by atoms with Crippen LogP contribution in [0.5, 0.6) is 11.5 Å². The minimum Gasteiger partial charge on any atom is -0.497 e. The maximum atomic E-state index is 5.52. The summed E-state index contributed by atoms with van der Waals surface area (Å²) < 4.78 is 10.9. The Morgan fingerprint density at radius 2 is 1.48 bits per heavy atom. The van der Waals surface area contributed by atoms with Crippen LogP contribution >= 0.6 is 0 Å². The average Bonchev–Trinajstić information content (AvgIpc) is 2.68. The van der Waals surface area contributed by atoms with Crippen LogP contribution < -0.4 is 9.47 Å². The summed E-state index contributed by atoms with van der Waals surface area (Å²) in [7, 11) is 3.51. The lowest BCUT2D eigenvalue weighted by atomic mass is 9.58. The Kier molecular flexibility index (Phi) is 4.45. The third-order valence-corrected chi connectivity index (χ3v) is 6.50. The monoisotopic (exact) mass is 336 g/mol. The molecule has 0 N–H and O–H groups in total. The zero-order valence-corrected chi connectivity index (χ0v) is 15.5. The van der Waals surface area contributed by atoms with Crippen molar-refractivity contribution in [3.8, 4) is 11.5 Å². The van der Waals surface area contributed by atoms with Crippen LogP contribution in [0.2, 0.25) is 0 Å². The molecule has 2 aliphatic rings. The molecule has 0 radical (unpaired) electrons. The first-order chi connectivity index (χ1) is 12.2. The first-order valence-corrected chi connectivity index (χ1v) is 9.54. The SMILES string of the molecule is COc1ccc(C2C(C)c3ccc(OC)cc3C3CCCCC32)cc1. The Labute approximate surface area is 151 Å². The highest BCUT2D eigenvalue weighted by atomic mass is 16.5. The molecule has 2 aromatic carbocycles. The molecule has 4 unspecified atom stereocenters. The fraction of sp³-hybridized carbons (Fsp3) is 0.478. The first-order valence-electron chi connectivity index (χ1n) is 9.54. The Balaban J connectivity index is 1.78. The molecule has 0 heterocycles. The van der Waals surface area contributed by atoms with Gasteiger partial charge >= 0.3 is 0 Å². The normalized spacial score (nSPS) is 28.0. The second-order valence-corrected chi connectivity index (χ2v) is 7.64. The topological polar surface area (TPSA) is 18.5 Å². The van der Waals surface area contributed by atoms with Crippen LogP contribution in [-0.4, -0.2) is 14.2 Å². The van der Waals surface area contributed by atoms with Gasteiger partial charge in [0.2, 0.25) is 0 Å². The van der Waals surface area contributed by atoms with Gasteiger partial charge < -0.3 is 9.47 Å². The number of hydrogen-bond acceptors (Lipinski definition) is 2. The molecule has 2 aromatic rings. The molecule has 2 heteroatoms. The van der Waals surface area contributed by atoms with Crippen LogP contribution in [0.1, 0.15) is 67.1 Å². The molecule has 0 saturated heterocycles. The summed E-state index contributed by atoms with van der Waals surface area (Å²) in [5.41, 5.74) is 4.53. The Morgan fingerprint density at radius 1 is 0.800 bits per heavy atom. The summed E-state index contributed by atoms with van der Waals surface area (Å²) in [6.07, 6.45) is 5.36. The van der Waals surface area contributed by atoms with Gasteiger partial charge in [0, 0.05) is 0 Å². The van der Waals surface area contributed by atoms with Crippen LogP contribution in [0, 0.1) is 5.92 Å². The van der Waals surface area contributed by atoms with Gasteiger partial charge in [-0.25, -0.2) is 0 Å². The number of hydrogen-bond donors (Lipinski definition) is 0. The fourth-order valence-corrected chi connectivity index (χ4v) is 5.32. The lowest BCUT2D eigenvalue weighted by Gasteiger charge is -2.46. The van der Waals surface area contributed by atoms with E-state index in [9.17, 15) is 0 Å². The molecule has 4 atom stereocenters. The lowest BCUT2D eigenvalue weighted by Crippen LogP contribution is -2.33. The zero-order valence-electron chi connectivity index (χ0n) is 15.5. The average molecular weight is 336 g/mol. The molecule has 2 aliphatic carbocycles. The summed E-state index contributed by atoms with van der Waals surface area (Å²) in [5, 5.41) is 0. The van der Waals surface area contributed by atoms with Gasteiger partial charge in [-0.2, -0.15) is 0 Å². The predicted octanol–water partition coefficient (Wildman–Crippen LogP) is 5.88. The van der Waals surface area contributed by atoms with Crippen molar-refractivity contribution in [2.24, 2.45) is 5.92 Å². The number of ether oxygens (including phenoxy) is 2. The van der Waals surface area contributed by atoms with E-state index in [1.165, 1.54) is 36.8 Å². The molecule has 0 bridgehead atoms. The van der Waals surface area contributed by atoms with Gasteiger partial charge in [0.15, 0.2) is 0 Å². The quantitative estimate of drug-likeness (QED) is 0.697. The molecule has 1 saturated carbocycles. The third kappa shape index (κ3) is 2.82. The van der Waals surface area contributed by atoms with Crippen molar-refractivity contribution < 1.29 is 9.47 Å². The highest BCUT2D eigenvalue weighted by molar-refractivity contribution is 5.46. The van der Waals surface area contributed by atoms with Gasteiger partial charge in [0.25, 0.3) is 0 Å². The number of benzene rings is 2. The van der Waals surface area contributed by atoms with Crippen molar-refractivity contribution in [3.63, 3.8) is 0 Å². The molecule has 0 spiro atoms. The maximum Gasteiger partial charge on any atom is 0.119 e. The molecule has 4 rings (SSSR count). The Morgan fingerprint density at radius 3 is 2.20 bits per heavy atom. The van der Waals surface area contributed by atoms with E-state index in [4.69, 9.17) is 9.47 Å². The van der Waals surface area contributed by atoms with Gasteiger partial charge in [-0.05, 0) is 77.5 Å². The minimum absolute atomic E-state index is 0.536. The molecule has 2 nitrogen and oxygen atoms in total. The van der Waals surface area contributed by atoms with E-state index < -0.39 is 0 Å². The van der Waals surface area contributed by atoms with Crippen LogP contribution in [0.15, 0.2) is 42.5 Å². The third-order valence-electron chi connectivity index (χ3n) is 6.50. The second kappa shape index (κ2) is 6.74. The largest absolute Gasteiger partial charge is 0.497 e. The van der Waals surface area contributed by atoms with Crippen molar-refractivity contribution in [3.05, 3.63) is 59.2 Å². The van der Waals surface area contributed by atoms with Crippen molar-refractivity contribution in [1.29, 1.82) is 0 Å². The molecular formula is C23H28O2. The van der Waals surface area contributed by atoms with E-state index in [1.807, 2.05) is 0 Å². The minimum atomic E-state index is 0.536. The summed E-state index contributed by atoms with van der Waals surface area (Å²) >= 11 is 0. The van der Waals surface area contributed by atoms with Gasteiger partial charge in [0.05, 0.1) is 14.2 Å². The van der Waals surface area contributed by atoms with Crippen molar-refractivity contribution in [1.82, 2.24) is 0 Å². The summed E-state index contributed by atoms with van der Waals surface area (Å²) in [6, 6.07) is 15.5. The van der Waals surface area contributed by atoms with Crippen LogP contribution in [-0.2, 0) is 0 Å². The number of methoxy groups -OCH3 is 2. The van der Waals surface area contributed by atoms with E-state index in [-0.39, 0.29) is 0 Å². The Hall–Kier alpha value is -1.96. The predicted molar refractivity (Wildman–Crippen MR) is 102 cm³/mol. The highest BCUT2D eigenvalue weighted by Crippen LogP contribution is 2.56. The molecule has 0 aromatic heterocycles. The van der Waals surface area contributed by atoms with Crippen molar-refractivity contribution >= 4 is 0 Å². The van der Waals surface area contributed by atoms with E-state index in [1.54, 1.807) is 19.8 Å². The zero-order chi connectivity index (χ0) is 17.4. The molecule has 25 heavy (non-hydrogen) atoms. The van der Waals surface area contributed by atoms with Crippen LogP contribution in [0.25, 0.3) is 0 Å². The van der Waals surface area contributed by atoms with E-state index in [2.05, 4.69) is 49.4 Å². The maximum absolute atomic E-state index is 5.52. The fourth-order valence-electron chi connectivity index (χ4n) is 5.32. The second-order valence-electron chi connectivity index (χ2n) is 7.64. The summed E-state index contributed by atoms with van der Waals surface area (Å²) in [5.74, 6) is 4.47. The van der Waals surface area contributed by atoms with Gasteiger partial charge in [-0.15, -0.1) is 0 Å². The van der Waals surface area contributed by atoms with Gasteiger partial charge in [-0.1, -0.05) is 38.0 Å². The number of rotatable bonds is 3. The summed E-state index contributed by atoms with van der Waals surface area (Å²) in [6.45, 7) is 2.41. The molecule has 132 valence electrons. The van der Waals surface area contributed by atoms with Crippen molar-refractivity contribution in [2.45, 2.75) is 50.4 Å². The van der Waals surface area contributed by atoms with E-state index >= 15 is 0 Å². The molecular weight excluding hydrogens is 308 g/mol. The first kappa shape index (κ1) is 16.5. The standard InChI is InChI=1S/C23H28O2/c1-15-19-13-12-18(25-3)14-22(19)20-6-4-5-7-21(20)23(15)16-8-10-17(24-2)11-9-16/h8-15,20-21,23H,4-7H2,1-3H3. The van der Waals surface area contributed by atoms with E-state index in [0.29, 0.717) is 17.8 Å². The molecule has 1 fully saturated rings. The number of fused-ring (bicyclic) bond motifs is 3. The van der Waals surface area contributed by atoms with E-state index in [0.717, 1.165) is 17.4 Å². The highest BCUT2D eigenvalue weighted by Gasteiger charge is 2.42. The van der Waals surface area contributed by atoms with Gasteiger partial charge in [-0.3, -0.25) is 0 Å². The van der Waals surface area contributed by atoms with Crippen LogP contribution in [0.4, 0.5) is 0 Å². The molecule has 0 amide bonds. The molecule has 0 aliphatic heterocycles. The summed E-state index contributed by atoms with van der Waals surface area (Å²) in [4.78, 5) is 0. The van der Waals surface area contributed by atoms with Crippen LogP contribution in [0.3, 0.4) is 0 Å². The van der Waals surface area contributed by atoms with Crippen molar-refractivity contribution in [2.75, 3.05) is 14.2 Å². The Bertz CT molecular complexity index is 734. The smallest absolute Gasteiger partial charge is 0.119 e. The van der Waals surface area contributed by atoms with Gasteiger partial charge in [0.1, 0.15) is 11.5 Å². The lowest BCUT2D eigenvalue weighted by molar-refractivity contribution is 0.222.